The zero-order valence-corrected chi connectivity index (χ0v) is 9.30. The Morgan fingerprint density at radius 2 is 2.14 bits per heavy atom. The van der Waals surface area contributed by atoms with Crippen LogP contribution < -0.4 is 0 Å². The first-order chi connectivity index (χ1) is 6.74. The van der Waals surface area contributed by atoms with Crippen molar-refractivity contribution in [1.29, 1.82) is 0 Å². The van der Waals surface area contributed by atoms with E-state index in [0.29, 0.717) is 10.7 Å². The number of terminal acetylenes is 1. The first-order valence-corrected chi connectivity index (χ1v) is 4.98. The van der Waals surface area contributed by atoms with Gasteiger partial charge in [0.1, 0.15) is 0 Å². The molecule has 68 valence electrons. The van der Waals surface area contributed by atoms with Crippen molar-refractivity contribution < 1.29 is 0 Å². The fourth-order valence-electron chi connectivity index (χ4n) is 1.17. The minimum Gasteiger partial charge on any atom is -0.149 e. The Labute approximate surface area is 94.4 Å². The molecule has 4 heteroatoms. The summed E-state index contributed by atoms with van der Waals surface area (Å²) in [5.74, 6) is 2.44. The molecule has 0 bridgehead atoms. The van der Waals surface area contributed by atoms with Crippen molar-refractivity contribution >= 4 is 38.4 Å². The van der Waals surface area contributed by atoms with E-state index in [9.17, 15) is 0 Å². The molecule has 0 N–H and O–H groups in total. The van der Waals surface area contributed by atoms with Gasteiger partial charge in [-0.05, 0) is 34.0 Å². The molecule has 0 saturated carbocycles. The smallest absolute Gasteiger partial charge is 0.149 e. The van der Waals surface area contributed by atoms with Gasteiger partial charge in [0.25, 0.3) is 0 Å². The van der Waals surface area contributed by atoms with Crippen LogP contribution in [0.1, 0.15) is 5.69 Å². The van der Waals surface area contributed by atoms with Gasteiger partial charge in [-0.15, -0.1) is 16.6 Å². The predicted molar refractivity (Wildman–Crippen MR) is 60.2 cm³/mol. The average Bonchev–Trinajstić information content (AvgIpc) is 2.18. The fraction of sp³-hybridized carbons (Fsp3) is 0. The summed E-state index contributed by atoms with van der Waals surface area (Å²) in [5.41, 5.74) is 1.19. The van der Waals surface area contributed by atoms with Crippen LogP contribution in [0.25, 0.3) is 10.9 Å². The number of benzene rings is 1. The Balaban J connectivity index is 2.95. The van der Waals surface area contributed by atoms with Crippen molar-refractivity contribution in [1.82, 2.24) is 10.2 Å². The highest BCUT2D eigenvalue weighted by Gasteiger charge is 2.08. The molecule has 1 heterocycles. The molecule has 0 amide bonds. The van der Waals surface area contributed by atoms with Crippen LogP contribution in [0.4, 0.5) is 0 Å². The lowest BCUT2D eigenvalue weighted by Crippen LogP contribution is -1.91. The lowest BCUT2D eigenvalue weighted by molar-refractivity contribution is 1.05. The number of nitrogens with zero attached hydrogens (tertiary/aromatic N) is 2. The van der Waals surface area contributed by atoms with Gasteiger partial charge in [-0.3, -0.25) is 0 Å². The summed E-state index contributed by atoms with van der Waals surface area (Å²) in [7, 11) is 0. The third kappa shape index (κ3) is 1.37. The predicted octanol–water partition coefficient (Wildman–Crippen LogP) is 3.03. The summed E-state index contributed by atoms with van der Waals surface area (Å²) < 4.78 is 0.718. The number of fused-ring (bicyclic) bond motifs is 1. The molecular formula is C10H4BrClN2. The first kappa shape index (κ1) is 9.45. The normalized spacial score (nSPS) is 10.1. The molecule has 1 aromatic carbocycles. The standard InChI is InChI=1S/C10H4BrClN2/c1-2-7-10(11)9-6(12)4-3-5-8(9)14-13-7/h1,3-5H. The first-order valence-electron chi connectivity index (χ1n) is 3.81. The maximum absolute atomic E-state index is 6.02. The summed E-state index contributed by atoms with van der Waals surface area (Å²) in [5, 5.41) is 9.26. The zero-order chi connectivity index (χ0) is 10.1. The van der Waals surface area contributed by atoms with E-state index >= 15 is 0 Å². The van der Waals surface area contributed by atoms with Crippen molar-refractivity contribution in [2.24, 2.45) is 0 Å². The second-order valence-electron chi connectivity index (χ2n) is 2.64. The zero-order valence-electron chi connectivity index (χ0n) is 6.96. The van der Waals surface area contributed by atoms with E-state index < -0.39 is 0 Å². The van der Waals surface area contributed by atoms with E-state index in [0.717, 1.165) is 15.4 Å². The van der Waals surface area contributed by atoms with Crippen LogP contribution in [-0.4, -0.2) is 10.2 Å². The van der Waals surface area contributed by atoms with Crippen LogP contribution in [-0.2, 0) is 0 Å². The third-order valence-electron chi connectivity index (χ3n) is 1.81. The largest absolute Gasteiger partial charge is 0.150 e. The van der Waals surface area contributed by atoms with E-state index in [4.69, 9.17) is 18.0 Å². The quantitative estimate of drug-likeness (QED) is 0.686. The van der Waals surface area contributed by atoms with Gasteiger partial charge < -0.3 is 0 Å². The van der Waals surface area contributed by atoms with Crippen LogP contribution in [0.3, 0.4) is 0 Å². The average molecular weight is 268 g/mol. The Morgan fingerprint density at radius 3 is 2.86 bits per heavy atom. The summed E-state index contributed by atoms with van der Waals surface area (Å²) in [6.45, 7) is 0. The second kappa shape index (κ2) is 3.56. The highest BCUT2D eigenvalue weighted by atomic mass is 79.9. The van der Waals surface area contributed by atoms with E-state index in [2.05, 4.69) is 32.0 Å². The Hall–Kier alpha value is -1.11. The van der Waals surface area contributed by atoms with Gasteiger partial charge in [-0.1, -0.05) is 17.7 Å². The summed E-state index contributed by atoms with van der Waals surface area (Å²) in [6.07, 6.45) is 5.27. The van der Waals surface area contributed by atoms with Crippen molar-refractivity contribution in [3.63, 3.8) is 0 Å². The summed E-state index contributed by atoms with van der Waals surface area (Å²) in [4.78, 5) is 0. The van der Waals surface area contributed by atoms with Crippen molar-refractivity contribution in [2.75, 3.05) is 0 Å². The lowest BCUT2D eigenvalue weighted by atomic mass is 10.2. The molecule has 0 spiro atoms. The van der Waals surface area contributed by atoms with E-state index in [1.807, 2.05) is 12.1 Å². The fourth-order valence-corrected chi connectivity index (χ4v) is 2.16. The molecule has 0 aliphatic carbocycles. The Bertz CT molecular complexity index is 546. The number of hydrogen-bond acceptors (Lipinski definition) is 2. The van der Waals surface area contributed by atoms with Crippen molar-refractivity contribution in [2.45, 2.75) is 0 Å². The molecule has 2 nitrogen and oxygen atoms in total. The van der Waals surface area contributed by atoms with Crippen LogP contribution in [0, 0.1) is 12.3 Å². The van der Waals surface area contributed by atoms with Gasteiger partial charge >= 0.3 is 0 Å². The van der Waals surface area contributed by atoms with Gasteiger partial charge in [0.05, 0.1) is 15.0 Å². The van der Waals surface area contributed by atoms with Gasteiger partial charge in [0, 0.05) is 5.39 Å². The molecule has 2 aromatic rings. The SMILES string of the molecule is C#Cc1nnc2cccc(Cl)c2c1Br. The molecule has 0 saturated heterocycles. The molecule has 14 heavy (non-hydrogen) atoms. The highest BCUT2D eigenvalue weighted by molar-refractivity contribution is 9.10. The van der Waals surface area contributed by atoms with E-state index in [1.165, 1.54) is 0 Å². The monoisotopic (exact) mass is 266 g/mol. The topological polar surface area (TPSA) is 25.8 Å². The van der Waals surface area contributed by atoms with Crippen LogP contribution in [0.2, 0.25) is 5.02 Å². The van der Waals surface area contributed by atoms with Crippen LogP contribution >= 0.6 is 27.5 Å². The second-order valence-corrected chi connectivity index (χ2v) is 3.84. The third-order valence-corrected chi connectivity index (χ3v) is 2.90. The lowest BCUT2D eigenvalue weighted by Gasteiger charge is -2.02. The molecule has 0 aliphatic rings. The van der Waals surface area contributed by atoms with E-state index in [-0.39, 0.29) is 0 Å². The molecule has 1 aromatic heterocycles. The Kier molecular flexibility index (Phi) is 2.40. The molecule has 0 atom stereocenters. The summed E-state index contributed by atoms with van der Waals surface area (Å²) >= 11 is 9.39. The van der Waals surface area contributed by atoms with Gasteiger partial charge in [0.15, 0.2) is 5.69 Å². The molecule has 2 rings (SSSR count). The molecular weight excluding hydrogens is 263 g/mol. The summed E-state index contributed by atoms with van der Waals surface area (Å²) in [6, 6.07) is 5.44. The van der Waals surface area contributed by atoms with Crippen LogP contribution in [0.15, 0.2) is 22.7 Å². The Morgan fingerprint density at radius 1 is 1.36 bits per heavy atom. The van der Waals surface area contributed by atoms with E-state index in [1.54, 1.807) is 6.07 Å². The maximum Gasteiger partial charge on any atom is 0.150 e. The highest BCUT2D eigenvalue weighted by Crippen LogP contribution is 2.30. The van der Waals surface area contributed by atoms with Crippen molar-refractivity contribution in [3.8, 4) is 12.3 Å². The van der Waals surface area contributed by atoms with Gasteiger partial charge in [-0.25, -0.2) is 0 Å². The molecule has 0 aliphatic heterocycles. The molecule has 0 unspecified atom stereocenters. The maximum atomic E-state index is 6.02. The van der Waals surface area contributed by atoms with Gasteiger partial charge in [-0.2, -0.15) is 0 Å². The van der Waals surface area contributed by atoms with Crippen molar-refractivity contribution in [3.05, 3.63) is 33.4 Å². The number of aromatic nitrogens is 2. The minimum absolute atomic E-state index is 0.464. The minimum atomic E-state index is 0.464. The number of hydrogen-bond donors (Lipinski definition) is 0. The van der Waals surface area contributed by atoms with Crippen LogP contribution in [0.5, 0.6) is 0 Å². The molecule has 0 fully saturated rings. The number of rotatable bonds is 0. The number of halogens is 2. The molecule has 0 radical (unpaired) electrons. The van der Waals surface area contributed by atoms with Gasteiger partial charge in [0.2, 0.25) is 0 Å².